The Balaban J connectivity index is 1.51. The number of carbonyl (C=O) groups excluding carboxylic acids is 2. The Hall–Kier alpha value is -4.41. The molecule has 0 saturated carbocycles. The minimum absolute atomic E-state index is 0.0781. The van der Waals surface area contributed by atoms with E-state index in [2.05, 4.69) is 29.2 Å². The molecule has 0 spiro atoms. The lowest BCUT2D eigenvalue weighted by Gasteiger charge is -2.39. The van der Waals surface area contributed by atoms with E-state index in [4.69, 9.17) is 5.73 Å². The van der Waals surface area contributed by atoms with Crippen molar-refractivity contribution in [1.29, 1.82) is 5.26 Å². The molecule has 1 heterocycles. The van der Waals surface area contributed by atoms with Gasteiger partial charge in [-0.1, -0.05) is 60.7 Å². The van der Waals surface area contributed by atoms with E-state index >= 15 is 0 Å². The molecule has 0 unspecified atom stereocenters. The van der Waals surface area contributed by atoms with Gasteiger partial charge in [-0.25, -0.2) is 0 Å². The monoisotopic (exact) mass is 479 g/mol. The summed E-state index contributed by atoms with van der Waals surface area (Å²) in [6.45, 7) is 3.67. The molecular formula is C29H29N5O2. The van der Waals surface area contributed by atoms with Crippen molar-refractivity contribution in [3.8, 4) is 6.07 Å². The van der Waals surface area contributed by atoms with Gasteiger partial charge in [0.2, 0.25) is 5.91 Å². The van der Waals surface area contributed by atoms with Crippen LogP contribution in [0.2, 0.25) is 0 Å². The maximum absolute atomic E-state index is 13.2. The van der Waals surface area contributed by atoms with Crippen molar-refractivity contribution >= 4 is 23.2 Å². The average molecular weight is 480 g/mol. The number of rotatable bonds is 6. The summed E-state index contributed by atoms with van der Waals surface area (Å²) in [5, 5.41) is 9.75. The molecule has 0 bridgehead atoms. The highest BCUT2D eigenvalue weighted by atomic mass is 16.2. The number of hydrogen-bond donors (Lipinski definition) is 1. The Kier molecular flexibility index (Phi) is 7.79. The van der Waals surface area contributed by atoms with Crippen LogP contribution in [0.25, 0.3) is 0 Å². The van der Waals surface area contributed by atoms with E-state index in [0.29, 0.717) is 37.6 Å². The minimum Gasteiger partial charge on any atom is -0.399 e. The third-order valence-electron chi connectivity index (χ3n) is 6.32. The Morgan fingerprint density at radius 1 is 0.889 bits per heavy atom. The van der Waals surface area contributed by atoms with Gasteiger partial charge in [-0.05, 0) is 35.4 Å². The fourth-order valence-electron chi connectivity index (χ4n) is 4.48. The number of nitrogens with zero attached hydrogens (tertiary/aromatic N) is 4. The van der Waals surface area contributed by atoms with E-state index in [1.54, 1.807) is 29.2 Å². The predicted octanol–water partition coefficient (Wildman–Crippen LogP) is 3.96. The van der Waals surface area contributed by atoms with Crippen molar-refractivity contribution in [1.82, 2.24) is 9.80 Å². The molecular weight excluding hydrogens is 450 g/mol. The highest BCUT2D eigenvalue weighted by Gasteiger charge is 2.29. The van der Waals surface area contributed by atoms with Crippen molar-refractivity contribution in [2.24, 2.45) is 0 Å². The van der Waals surface area contributed by atoms with Gasteiger partial charge in [0, 0.05) is 50.7 Å². The summed E-state index contributed by atoms with van der Waals surface area (Å²) >= 11 is 0. The summed E-state index contributed by atoms with van der Waals surface area (Å²) in [6, 6.07) is 29.4. The second-order valence-electron chi connectivity index (χ2n) is 8.69. The van der Waals surface area contributed by atoms with Gasteiger partial charge in [0.05, 0.1) is 6.04 Å². The zero-order valence-electron chi connectivity index (χ0n) is 20.2. The van der Waals surface area contributed by atoms with Crippen LogP contribution < -0.4 is 10.6 Å². The van der Waals surface area contributed by atoms with Crippen molar-refractivity contribution in [2.45, 2.75) is 13.0 Å². The van der Waals surface area contributed by atoms with Crippen LogP contribution in [-0.2, 0) is 9.59 Å². The standard InChI is InChI=1S/C29H29N5O2/c1-22(35)34(27-14-12-26(31)13-15-27)21-25(20-30)29(36)33-18-16-32(17-19-33)28(23-8-4-2-5-9-23)24-10-6-3-7-11-24/h2-15,21,28H,16-19,31H2,1H3/b25-21-. The molecule has 0 aliphatic carbocycles. The Morgan fingerprint density at radius 3 is 1.89 bits per heavy atom. The zero-order chi connectivity index (χ0) is 25.5. The minimum atomic E-state index is -0.380. The molecule has 2 N–H and O–H groups in total. The number of nitrogens with two attached hydrogens (primary N) is 1. The maximum Gasteiger partial charge on any atom is 0.266 e. The molecule has 36 heavy (non-hydrogen) atoms. The first-order valence-electron chi connectivity index (χ1n) is 11.9. The number of nitrogen functional groups attached to an aromatic ring is 1. The van der Waals surface area contributed by atoms with Crippen LogP contribution in [-0.4, -0.2) is 47.8 Å². The normalized spacial score (nSPS) is 14.4. The van der Waals surface area contributed by atoms with Gasteiger partial charge in [-0.3, -0.25) is 19.4 Å². The van der Waals surface area contributed by atoms with E-state index in [-0.39, 0.29) is 23.4 Å². The average Bonchev–Trinajstić information content (AvgIpc) is 2.91. The van der Waals surface area contributed by atoms with Crippen LogP contribution in [0, 0.1) is 11.3 Å². The lowest BCUT2D eigenvalue weighted by Crippen LogP contribution is -2.50. The molecule has 7 heteroatoms. The van der Waals surface area contributed by atoms with Gasteiger partial charge < -0.3 is 10.6 Å². The van der Waals surface area contributed by atoms with Crippen LogP contribution in [0.15, 0.2) is 96.7 Å². The van der Waals surface area contributed by atoms with Gasteiger partial charge in [0.15, 0.2) is 0 Å². The first-order valence-corrected chi connectivity index (χ1v) is 11.9. The van der Waals surface area contributed by atoms with Gasteiger partial charge in [-0.15, -0.1) is 0 Å². The van der Waals surface area contributed by atoms with Crippen molar-refractivity contribution in [2.75, 3.05) is 36.8 Å². The molecule has 1 aliphatic rings. The quantitative estimate of drug-likeness (QED) is 0.328. The third kappa shape index (κ3) is 5.62. The van der Waals surface area contributed by atoms with Gasteiger partial charge in [-0.2, -0.15) is 5.26 Å². The second kappa shape index (κ2) is 11.3. The van der Waals surface area contributed by atoms with Crippen LogP contribution in [0.1, 0.15) is 24.1 Å². The van der Waals surface area contributed by atoms with Gasteiger partial charge in [0.1, 0.15) is 11.6 Å². The largest absolute Gasteiger partial charge is 0.399 e. The fraction of sp³-hybridized carbons (Fsp3) is 0.207. The summed E-state index contributed by atoms with van der Waals surface area (Å²) in [5.41, 5.74) is 9.15. The highest BCUT2D eigenvalue weighted by Crippen LogP contribution is 2.29. The van der Waals surface area contributed by atoms with E-state index in [1.807, 2.05) is 42.5 Å². The van der Waals surface area contributed by atoms with Crippen LogP contribution in [0.4, 0.5) is 11.4 Å². The molecule has 3 aromatic carbocycles. The Morgan fingerprint density at radius 2 is 1.42 bits per heavy atom. The number of piperazine rings is 1. The molecule has 4 rings (SSSR count). The third-order valence-corrected chi connectivity index (χ3v) is 6.32. The zero-order valence-corrected chi connectivity index (χ0v) is 20.2. The summed E-state index contributed by atoms with van der Waals surface area (Å²) in [7, 11) is 0. The number of anilines is 2. The van der Waals surface area contributed by atoms with Gasteiger partial charge >= 0.3 is 0 Å². The van der Waals surface area contributed by atoms with E-state index < -0.39 is 0 Å². The van der Waals surface area contributed by atoms with Gasteiger partial charge in [0.25, 0.3) is 5.91 Å². The van der Waals surface area contributed by atoms with Crippen molar-refractivity contribution in [3.63, 3.8) is 0 Å². The lowest BCUT2D eigenvalue weighted by molar-refractivity contribution is -0.128. The Bertz CT molecular complexity index is 1220. The number of benzene rings is 3. The summed E-state index contributed by atoms with van der Waals surface area (Å²) in [6.07, 6.45) is 1.32. The van der Waals surface area contributed by atoms with Crippen molar-refractivity contribution in [3.05, 3.63) is 108 Å². The molecule has 0 atom stereocenters. The molecule has 2 amide bonds. The molecule has 0 radical (unpaired) electrons. The molecule has 3 aromatic rings. The van der Waals surface area contributed by atoms with E-state index in [0.717, 1.165) is 0 Å². The van der Waals surface area contributed by atoms with Crippen LogP contribution >= 0.6 is 0 Å². The topological polar surface area (TPSA) is 93.7 Å². The van der Waals surface area contributed by atoms with Crippen molar-refractivity contribution < 1.29 is 9.59 Å². The summed E-state index contributed by atoms with van der Waals surface area (Å²) in [5.74, 6) is -0.687. The van der Waals surface area contributed by atoms with Crippen LogP contribution in [0.5, 0.6) is 0 Å². The molecule has 182 valence electrons. The molecule has 1 aliphatic heterocycles. The number of amides is 2. The molecule has 1 fully saturated rings. The first kappa shape index (κ1) is 24.7. The van der Waals surface area contributed by atoms with E-state index in [1.165, 1.54) is 29.2 Å². The number of nitriles is 1. The smallest absolute Gasteiger partial charge is 0.266 e. The molecule has 1 saturated heterocycles. The lowest BCUT2D eigenvalue weighted by atomic mass is 9.96. The fourth-order valence-corrected chi connectivity index (χ4v) is 4.48. The summed E-state index contributed by atoms with van der Waals surface area (Å²) < 4.78 is 0. The van der Waals surface area contributed by atoms with E-state index in [9.17, 15) is 14.9 Å². The predicted molar refractivity (Wildman–Crippen MR) is 141 cm³/mol. The summed E-state index contributed by atoms with van der Waals surface area (Å²) in [4.78, 5) is 30.9. The number of hydrogen-bond acceptors (Lipinski definition) is 5. The molecule has 0 aromatic heterocycles. The molecule has 7 nitrogen and oxygen atoms in total. The Labute approximate surface area is 211 Å². The first-order chi connectivity index (χ1) is 17.5. The highest BCUT2D eigenvalue weighted by molar-refractivity contribution is 6.01. The van der Waals surface area contributed by atoms with Crippen LogP contribution in [0.3, 0.4) is 0 Å². The second-order valence-corrected chi connectivity index (χ2v) is 8.69. The SMILES string of the molecule is CC(=O)N(/C=C(/C#N)C(=O)N1CCN(C(c2ccccc2)c2ccccc2)CC1)c1ccc(N)cc1. The maximum atomic E-state index is 13.2. The number of carbonyl (C=O) groups is 2.